The van der Waals surface area contributed by atoms with E-state index in [0.29, 0.717) is 16.9 Å². The van der Waals surface area contributed by atoms with E-state index in [1.807, 2.05) is 48.5 Å². The van der Waals surface area contributed by atoms with Gasteiger partial charge >= 0.3 is 5.63 Å². The third-order valence-corrected chi connectivity index (χ3v) is 4.67. The number of fused-ring (bicyclic) bond motifs is 2. The summed E-state index contributed by atoms with van der Waals surface area (Å²) in [5.74, 6) is 1.26. The Morgan fingerprint density at radius 1 is 0.839 bits per heavy atom. The van der Waals surface area contributed by atoms with Gasteiger partial charge in [-0.25, -0.2) is 28.0 Å². The predicted molar refractivity (Wildman–Crippen MR) is 103 cm³/mol. The van der Waals surface area contributed by atoms with Gasteiger partial charge in [-0.2, -0.15) is 0 Å². The first-order chi connectivity index (χ1) is 14.7. The maximum atomic E-state index is 12.4. The van der Waals surface area contributed by atoms with Crippen molar-refractivity contribution >= 4 is 11.0 Å². The summed E-state index contributed by atoms with van der Waals surface area (Å²) in [6.45, 7) is 6.11. The first-order valence-corrected chi connectivity index (χ1v) is 10.7. The van der Waals surface area contributed by atoms with Gasteiger partial charge in [0.15, 0.2) is 0 Å². The molecule has 0 radical (unpaired) electrons. The van der Waals surface area contributed by atoms with E-state index < -0.39 is 15.9 Å². The third-order valence-electron chi connectivity index (χ3n) is 4.67. The van der Waals surface area contributed by atoms with Gasteiger partial charge < -0.3 is 8.83 Å². The zero-order valence-electron chi connectivity index (χ0n) is 16.9. The molecule has 0 bridgehead atoms. The molecule has 1 aromatic heterocycles. The monoisotopic (exact) mass is 445 g/mol. The SMILES string of the molecule is CC[N+](CC)=c1ccc2ccc(-c3cc4ccccc4oc3=O)oc-2c1.[O-][Cl+3]([O-])([O-])[O-]. The highest BCUT2D eigenvalue weighted by atomic mass is 35.7. The van der Waals surface area contributed by atoms with Crippen molar-refractivity contribution in [1.82, 2.24) is 4.58 Å². The number of halogens is 1. The summed E-state index contributed by atoms with van der Waals surface area (Å²) >= 11 is 0. The van der Waals surface area contributed by atoms with Gasteiger partial charge in [0, 0.05) is 17.0 Å². The second kappa shape index (κ2) is 9.42. The maximum absolute atomic E-state index is 12.4. The molecule has 0 unspecified atom stereocenters. The van der Waals surface area contributed by atoms with Crippen LogP contribution in [0, 0.1) is 10.2 Å². The lowest BCUT2D eigenvalue weighted by molar-refractivity contribution is -2.00. The van der Waals surface area contributed by atoms with Crippen LogP contribution in [0.15, 0.2) is 74.3 Å². The van der Waals surface area contributed by atoms with Crippen LogP contribution in [0.4, 0.5) is 0 Å². The van der Waals surface area contributed by atoms with Gasteiger partial charge in [0.05, 0.1) is 6.07 Å². The molecule has 1 aliphatic carbocycles. The van der Waals surface area contributed by atoms with E-state index in [2.05, 4.69) is 24.5 Å². The minimum Gasteiger partial charge on any atom is -0.456 e. The molecule has 0 fully saturated rings. The Balaban J connectivity index is 0.000000491. The molecule has 0 spiro atoms. The molecule has 0 saturated carbocycles. The molecule has 31 heavy (non-hydrogen) atoms. The summed E-state index contributed by atoms with van der Waals surface area (Å²) in [4.78, 5) is 12.4. The lowest BCUT2D eigenvalue weighted by atomic mass is 10.1. The van der Waals surface area contributed by atoms with Crippen LogP contribution in [-0.2, 0) is 0 Å². The number of nitrogens with zero attached hydrogens (tertiary/aromatic N) is 1. The fraction of sp³-hybridized carbons (Fsp3) is 0.182. The third kappa shape index (κ3) is 5.78. The molecule has 1 aromatic carbocycles. The Bertz CT molecular complexity index is 1280. The van der Waals surface area contributed by atoms with Crippen molar-refractivity contribution < 1.29 is 37.7 Å². The van der Waals surface area contributed by atoms with Crippen LogP contribution in [0.5, 0.6) is 0 Å². The summed E-state index contributed by atoms with van der Waals surface area (Å²) in [5, 5.41) is 1.98. The molecular formula is C22H20ClNO7. The van der Waals surface area contributed by atoms with Gasteiger partial charge in [0.25, 0.3) is 0 Å². The molecule has 4 rings (SSSR count). The maximum Gasteiger partial charge on any atom is 0.347 e. The number of benzene rings is 2. The quantitative estimate of drug-likeness (QED) is 0.297. The number of hydrogen-bond donors (Lipinski definition) is 0. The van der Waals surface area contributed by atoms with E-state index in [1.165, 1.54) is 0 Å². The van der Waals surface area contributed by atoms with Gasteiger partial charge in [-0.3, -0.25) is 0 Å². The summed E-state index contributed by atoms with van der Waals surface area (Å²) in [5.41, 5.74) is 1.60. The van der Waals surface area contributed by atoms with Crippen molar-refractivity contribution in [3.63, 3.8) is 0 Å². The van der Waals surface area contributed by atoms with Crippen LogP contribution < -0.4 is 34.2 Å². The van der Waals surface area contributed by atoms with Crippen molar-refractivity contribution in [3.05, 3.63) is 76.4 Å². The van der Waals surface area contributed by atoms with Crippen molar-refractivity contribution in [3.8, 4) is 22.6 Å². The van der Waals surface area contributed by atoms with Gasteiger partial charge in [0.1, 0.15) is 35.8 Å². The highest BCUT2D eigenvalue weighted by Crippen LogP contribution is 2.27. The van der Waals surface area contributed by atoms with Gasteiger partial charge in [-0.05, 0) is 44.2 Å². The zero-order chi connectivity index (χ0) is 22.6. The fourth-order valence-corrected chi connectivity index (χ4v) is 3.23. The van der Waals surface area contributed by atoms with E-state index in [-0.39, 0.29) is 0 Å². The highest BCUT2D eigenvalue weighted by molar-refractivity contribution is 5.80. The normalized spacial score (nSPS) is 11.3. The lowest BCUT2D eigenvalue weighted by Crippen LogP contribution is -2.68. The molecule has 2 aliphatic rings. The van der Waals surface area contributed by atoms with Gasteiger partial charge in [-0.1, -0.05) is 18.2 Å². The van der Waals surface area contributed by atoms with Crippen LogP contribution in [0.3, 0.4) is 0 Å². The number of rotatable bonds is 3. The topological polar surface area (TPSA) is 139 Å². The summed E-state index contributed by atoms with van der Waals surface area (Å²) < 4.78 is 47.7. The number of para-hydroxylation sites is 1. The van der Waals surface area contributed by atoms with Crippen LogP contribution in [0.25, 0.3) is 33.6 Å². The molecule has 0 amide bonds. The summed E-state index contributed by atoms with van der Waals surface area (Å²) in [7, 11) is -4.94. The Kier molecular flexibility index (Phi) is 6.89. The molecule has 0 atom stereocenters. The minimum absolute atomic E-state index is 0.397. The molecule has 8 nitrogen and oxygen atoms in total. The van der Waals surface area contributed by atoms with E-state index in [4.69, 9.17) is 27.5 Å². The minimum atomic E-state index is -4.94. The Morgan fingerprint density at radius 2 is 1.48 bits per heavy atom. The fourth-order valence-electron chi connectivity index (χ4n) is 3.23. The Morgan fingerprint density at radius 3 is 2.16 bits per heavy atom. The van der Waals surface area contributed by atoms with Crippen molar-refractivity contribution in [2.75, 3.05) is 13.1 Å². The van der Waals surface area contributed by atoms with E-state index in [1.54, 1.807) is 6.07 Å². The zero-order valence-corrected chi connectivity index (χ0v) is 17.6. The Hall–Kier alpha value is -3.01. The number of hydrogen-bond acceptors (Lipinski definition) is 7. The standard InChI is InChI=1S/C22H20NO3.ClHO4/c1-3-23(4-2)17-11-9-15-10-12-20(25-21(15)14-17)18-13-16-7-5-6-8-19(16)26-22(18)24;2-1(3,4)5/h5-14H,3-4H2,1-2H3;(H,2,3,4,5)/q+1;/p-1. The smallest absolute Gasteiger partial charge is 0.347 e. The largest absolute Gasteiger partial charge is 0.456 e. The van der Waals surface area contributed by atoms with E-state index >= 15 is 0 Å². The molecule has 1 aliphatic heterocycles. The van der Waals surface area contributed by atoms with E-state index in [0.717, 1.165) is 35.2 Å². The van der Waals surface area contributed by atoms with E-state index in [9.17, 15) is 4.79 Å². The van der Waals surface area contributed by atoms with Crippen molar-refractivity contribution in [1.29, 1.82) is 0 Å². The molecule has 2 aromatic rings. The molecular weight excluding hydrogens is 426 g/mol. The predicted octanol–water partition coefficient (Wildman–Crippen LogP) is -0.786. The second-order valence-electron chi connectivity index (χ2n) is 6.56. The molecule has 9 heteroatoms. The molecule has 2 heterocycles. The van der Waals surface area contributed by atoms with Gasteiger partial charge in [0.2, 0.25) is 5.36 Å². The highest BCUT2D eigenvalue weighted by Gasteiger charge is 2.14. The average Bonchev–Trinajstić information content (AvgIpc) is 2.72. The molecule has 162 valence electrons. The van der Waals surface area contributed by atoms with Crippen LogP contribution >= 0.6 is 0 Å². The summed E-state index contributed by atoms with van der Waals surface area (Å²) in [6, 6.07) is 19.2. The first-order valence-electron chi connectivity index (χ1n) is 9.46. The Labute approximate surface area is 179 Å². The lowest BCUT2D eigenvalue weighted by Gasteiger charge is -2.17. The van der Waals surface area contributed by atoms with Crippen molar-refractivity contribution in [2.45, 2.75) is 13.8 Å². The molecule has 0 saturated heterocycles. The van der Waals surface area contributed by atoms with Crippen LogP contribution in [-0.4, -0.2) is 13.1 Å². The average molecular weight is 446 g/mol. The summed E-state index contributed by atoms with van der Waals surface area (Å²) in [6.07, 6.45) is 0. The van der Waals surface area contributed by atoms with Crippen LogP contribution in [0.1, 0.15) is 13.8 Å². The molecule has 0 N–H and O–H groups in total. The van der Waals surface area contributed by atoms with Crippen LogP contribution in [0.2, 0.25) is 0 Å². The van der Waals surface area contributed by atoms with Crippen molar-refractivity contribution in [2.24, 2.45) is 0 Å². The van der Waals surface area contributed by atoms with Gasteiger partial charge in [-0.15, -0.1) is 10.2 Å². The second-order valence-corrected chi connectivity index (χ2v) is 7.31. The first kappa shape index (κ1) is 22.7.